The van der Waals surface area contributed by atoms with Crippen molar-refractivity contribution in [2.24, 2.45) is 16.8 Å². The van der Waals surface area contributed by atoms with Gasteiger partial charge in [-0.25, -0.2) is 4.39 Å². The second-order valence-corrected chi connectivity index (χ2v) is 6.27. The summed E-state index contributed by atoms with van der Waals surface area (Å²) in [6, 6.07) is -0.0139. The third-order valence-corrected chi connectivity index (χ3v) is 4.97. The Morgan fingerprint density at radius 1 is 1.25 bits per heavy atom. The van der Waals surface area contributed by atoms with E-state index in [0.29, 0.717) is 12.8 Å². The number of rotatable bonds is 4. The molecular weight excluding hydrogens is 257 g/mol. The van der Waals surface area contributed by atoms with Gasteiger partial charge in [0.25, 0.3) is 0 Å². The molecule has 0 aromatic rings. The maximum atomic E-state index is 14.0. The van der Waals surface area contributed by atoms with Gasteiger partial charge in [-0.15, -0.1) is 0 Å². The molecule has 20 heavy (non-hydrogen) atoms. The van der Waals surface area contributed by atoms with Crippen molar-refractivity contribution in [3.8, 4) is 0 Å². The number of halogens is 1. The lowest BCUT2D eigenvalue weighted by molar-refractivity contribution is -0.161. The van der Waals surface area contributed by atoms with Gasteiger partial charge in [-0.1, -0.05) is 13.3 Å². The highest BCUT2D eigenvalue weighted by atomic mass is 19.1. The van der Waals surface area contributed by atoms with Crippen LogP contribution in [0, 0.1) is 11.8 Å². The Labute approximate surface area is 121 Å². The topological polar surface area (TPSA) is 38.7 Å². The Hall–Kier alpha value is -0.930. The summed E-state index contributed by atoms with van der Waals surface area (Å²) in [5, 5.41) is 0. The fourth-order valence-electron chi connectivity index (χ4n) is 3.42. The summed E-state index contributed by atoms with van der Waals surface area (Å²) in [6.07, 6.45) is 5.21. The van der Waals surface area contributed by atoms with Crippen molar-refractivity contribution in [2.45, 2.75) is 76.6 Å². The summed E-state index contributed by atoms with van der Waals surface area (Å²) in [6.45, 7) is 5.67. The van der Waals surface area contributed by atoms with Crippen molar-refractivity contribution < 1.29 is 13.9 Å². The maximum absolute atomic E-state index is 14.0. The van der Waals surface area contributed by atoms with Gasteiger partial charge in [-0.2, -0.15) is 0 Å². The molecule has 2 aliphatic rings. The van der Waals surface area contributed by atoms with Crippen LogP contribution in [0.4, 0.5) is 4.39 Å². The second kappa shape index (κ2) is 7.19. The predicted octanol–water partition coefficient (Wildman–Crippen LogP) is 3.71. The number of aliphatic imine (C=N–C) groups is 1. The first kappa shape index (κ1) is 15.5. The average Bonchev–Trinajstić information content (AvgIpc) is 2.49. The van der Waals surface area contributed by atoms with Gasteiger partial charge in [0, 0.05) is 6.42 Å². The molecule has 3 nitrogen and oxygen atoms in total. The summed E-state index contributed by atoms with van der Waals surface area (Å²) >= 11 is 0. The number of esters is 1. The van der Waals surface area contributed by atoms with E-state index in [2.05, 4.69) is 18.6 Å². The Kier molecular flexibility index (Phi) is 5.55. The van der Waals surface area contributed by atoms with Gasteiger partial charge in [-0.05, 0) is 51.2 Å². The Morgan fingerprint density at radius 3 is 2.50 bits per heavy atom. The zero-order valence-electron chi connectivity index (χ0n) is 12.4. The summed E-state index contributed by atoms with van der Waals surface area (Å²) < 4.78 is 19.4. The highest BCUT2D eigenvalue weighted by Gasteiger charge is 2.35. The summed E-state index contributed by atoms with van der Waals surface area (Å²) in [7, 11) is 0. The van der Waals surface area contributed by atoms with Crippen LogP contribution in [0.1, 0.15) is 58.3 Å². The molecule has 2 saturated carbocycles. The third kappa shape index (κ3) is 3.80. The molecule has 0 N–H and O–H groups in total. The molecule has 0 bridgehead atoms. The molecule has 3 unspecified atom stereocenters. The van der Waals surface area contributed by atoms with E-state index in [0.717, 1.165) is 38.0 Å². The van der Waals surface area contributed by atoms with Gasteiger partial charge in [0.2, 0.25) is 0 Å². The fraction of sp³-hybridized carbons (Fsp3) is 0.875. The molecule has 0 aromatic carbocycles. The highest BCUT2D eigenvalue weighted by molar-refractivity contribution is 5.72. The van der Waals surface area contributed by atoms with E-state index in [9.17, 15) is 9.18 Å². The number of hydrogen-bond acceptors (Lipinski definition) is 3. The van der Waals surface area contributed by atoms with Crippen molar-refractivity contribution in [3.63, 3.8) is 0 Å². The number of carbonyl (C=O) groups excluding carboxylic acids is 1. The molecule has 0 heterocycles. The minimum absolute atomic E-state index is 0.0137. The lowest BCUT2D eigenvalue weighted by Gasteiger charge is -2.32. The van der Waals surface area contributed by atoms with E-state index in [1.807, 2.05) is 0 Å². The van der Waals surface area contributed by atoms with Crippen LogP contribution in [0.15, 0.2) is 4.99 Å². The maximum Gasteiger partial charge on any atom is 0.309 e. The Balaban J connectivity index is 1.78. The Bertz CT molecular complexity index is 339. The molecule has 0 saturated heterocycles. The van der Waals surface area contributed by atoms with E-state index in [4.69, 9.17) is 4.74 Å². The standard InChI is InChI=1S/C16H26FNO2/c1-3-11-4-6-12(7-5-11)16(19)20-15-9-8-13(18-2)10-14(15)17/h11-15H,2-10H2,1H3. The SMILES string of the molecule is C=NC1CCC(OC(=O)C2CCC(CC)CC2)C(F)C1. The molecule has 3 atom stereocenters. The van der Waals surface area contributed by atoms with Gasteiger partial charge >= 0.3 is 5.97 Å². The van der Waals surface area contributed by atoms with Crippen molar-refractivity contribution in [1.82, 2.24) is 0 Å². The molecular formula is C16H26FNO2. The van der Waals surface area contributed by atoms with Gasteiger partial charge < -0.3 is 4.74 Å². The lowest BCUT2D eigenvalue weighted by atomic mass is 9.81. The molecule has 2 fully saturated rings. The first-order valence-corrected chi connectivity index (χ1v) is 7.94. The van der Waals surface area contributed by atoms with E-state index in [1.165, 1.54) is 6.42 Å². The average molecular weight is 283 g/mol. The largest absolute Gasteiger partial charge is 0.459 e. The van der Waals surface area contributed by atoms with Gasteiger partial charge in [-0.3, -0.25) is 9.79 Å². The number of ether oxygens (including phenoxy) is 1. The molecule has 114 valence electrons. The lowest BCUT2D eigenvalue weighted by Crippen LogP contribution is -2.38. The first-order chi connectivity index (χ1) is 9.63. The monoisotopic (exact) mass is 283 g/mol. The minimum Gasteiger partial charge on any atom is -0.459 e. The van der Waals surface area contributed by atoms with Crippen LogP contribution in [0.5, 0.6) is 0 Å². The quantitative estimate of drug-likeness (QED) is 0.583. The van der Waals surface area contributed by atoms with E-state index in [-0.39, 0.29) is 17.9 Å². The zero-order valence-corrected chi connectivity index (χ0v) is 12.4. The van der Waals surface area contributed by atoms with E-state index < -0.39 is 12.3 Å². The van der Waals surface area contributed by atoms with Gasteiger partial charge in [0.15, 0.2) is 0 Å². The minimum atomic E-state index is -1.09. The van der Waals surface area contributed by atoms with E-state index in [1.54, 1.807) is 0 Å². The van der Waals surface area contributed by atoms with Crippen LogP contribution in [0.3, 0.4) is 0 Å². The third-order valence-electron chi connectivity index (χ3n) is 4.97. The number of nitrogens with zero attached hydrogens (tertiary/aromatic N) is 1. The highest BCUT2D eigenvalue weighted by Crippen LogP contribution is 2.33. The predicted molar refractivity (Wildman–Crippen MR) is 77.7 cm³/mol. The van der Waals surface area contributed by atoms with Crippen LogP contribution in [0.25, 0.3) is 0 Å². The van der Waals surface area contributed by atoms with Gasteiger partial charge in [0.05, 0.1) is 12.0 Å². The van der Waals surface area contributed by atoms with Crippen molar-refractivity contribution in [2.75, 3.05) is 0 Å². The van der Waals surface area contributed by atoms with Crippen LogP contribution in [0.2, 0.25) is 0 Å². The number of alkyl halides is 1. The Morgan fingerprint density at radius 2 is 1.95 bits per heavy atom. The molecule has 4 heteroatoms. The smallest absolute Gasteiger partial charge is 0.309 e. The molecule has 0 radical (unpaired) electrons. The molecule has 2 rings (SSSR count). The van der Waals surface area contributed by atoms with Crippen LogP contribution >= 0.6 is 0 Å². The molecule has 0 aliphatic heterocycles. The molecule has 0 aromatic heterocycles. The van der Waals surface area contributed by atoms with Crippen LogP contribution < -0.4 is 0 Å². The van der Waals surface area contributed by atoms with Gasteiger partial charge in [0.1, 0.15) is 12.3 Å². The van der Waals surface area contributed by atoms with E-state index >= 15 is 0 Å². The van der Waals surface area contributed by atoms with Crippen molar-refractivity contribution in [1.29, 1.82) is 0 Å². The normalized spacial score (nSPS) is 38.2. The first-order valence-electron chi connectivity index (χ1n) is 7.94. The second-order valence-electron chi connectivity index (χ2n) is 6.27. The van der Waals surface area contributed by atoms with Crippen molar-refractivity contribution >= 4 is 12.7 Å². The number of hydrogen-bond donors (Lipinski definition) is 0. The summed E-state index contributed by atoms with van der Waals surface area (Å²) in [4.78, 5) is 16.0. The molecule has 2 aliphatic carbocycles. The molecule has 0 amide bonds. The fourth-order valence-corrected chi connectivity index (χ4v) is 3.42. The summed E-state index contributed by atoms with van der Waals surface area (Å²) in [5.41, 5.74) is 0. The zero-order chi connectivity index (χ0) is 14.5. The van der Waals surface area contributed by atoms with Crippen LogP contribution in [-0.2, 0) is 9.53 Å². The summed E-state index contributed by atoms with van der Waals surface area (Å²) in [5.74, 6) is 0.555. The van der Waals surface area contributed by atoms with Crippen molar-refractivity contribution in [3.05, 3.63) is 0 Å². The molecule has 0 spiro atoms. The number of carbonyl (C=O) groups is 1. The van der Waals surface area contributed by atoms with Crippen LogP contribution in [-0.4, -0.2) is 31.0 Å².